The summed E-state index contributed by atoms with van der Waals surface area (Å²) < 4.78 is 34.0. The highest BCUT2D eigenvalue weighted by Gasteiger charge is 2.13. The van der Waals surface area contributed by atoms with Gasteiger partial charge in [0.2, 0.25) is 5.09 Å². The Balaban J connectivity index is 3.08. The van der Waals surface area contributed by atoms with Gasteiger partial charge in [-0.15, -0.1) is 0 Å². The predicted molar refractivity (Wildman–Crippen MR) is 40.3 cm³/mol. The zero-order chi connectivity index (χ0) is 9.19. The smallest absolute Gasteiger partial charge is 0.328 e. The second-order valence-corrected chi connectivity index (χ2v) is 3.26. The van der Waals surface area contributed by atoms with E-state index in [2.05, 4.69) is 9.52 Å². The van der Waals surface area contributed by atoms with Gasteiger partial charge < -0.3 is 10.3 Å². The zero-order valence-electron chi connectivity index (χ0n) is 5.84. The van der Waals surface area contributed by atoms with E-state index in [-0.39, 0.29) is 5.76 Å². The van der Waals surface area contributed by atoms with Crippen molar-refractivity contribution in [1.29, 1.82) is 0 Å². The van der Waals surface area contributed by atoms with Crippen LogP contribution in [0.3, 0.4) is 0 Å². The molecule has 0 aliphatic heterocycles. The van der Waals surface area contributed by atoms with Gasteiger partial charge in [-0.3, -0.25) is 4.55 Å². The molecular formula is C5H6N2O4S. The first-order chi connectivity index (χ1) is 5.54. The summed E-state index contributed by atoms with van der Waals surface area (Å²) >= 11 is 0. The molecule has 0 saturated carbocycles. The maximum Gasteiger partial charge on any atom is 0.328 e. The minimum Gasteiger partial charge on any atom is -0.441 e. The standard InChI is InChI=1S/C5H6N2O4S/c6-7-3-4-1-2-5(11-4)12(8,9)10/h1-3H,6H2,(H,8,9,10)/b7-3-. The van der Waals surface area contributed by atoms with Gasteiger partial charge in [0.05, 0.1) is 6.21 Å². The summed E-state index contributed by atoms with van der Waals surface area (Å²) in [6.45, 7) is 0. The number of hydrazone groups is 1. The van der Waals surface area contributed by atoms with Crippen LogP contribution in [0.2, 0.25) is 0 Å². The number of hydrogen-bond acceptors (Lipinski definition) is 5. The molecule has 0 fully saturated rings. The van der Waals surface area contributed by atoms with Crippen molar-refractivity contribution in [2.75, 3.05) is 0 Å². The molecular weight excluding hydrogens is 184 g/mol. The van der Waals surface area contributed by atoms with Crippen molar-refractivity contribution in [2.24, 2.45) is 10.9 Å². The van der Waals surface area contributed by atoms with Gasteiger partial charge in [-0.25, -0.2) is 0 Å². The van der Waals surface area contributed by atoms with Crippen molar-refractivity contribution < 1.29 is 17.4 Å². The van der Waals surface area contributed by atoms with E-state index < -0.39 is 15.2 Å². The van der Waals surface area contributed by atoms with E-state index in [1.807, 2.05) is 0 Å². The van der Waals surface area contributed by atoms with Crippen molar-refractivity contribution in [3.8, 4) is 0 Å². The molecule has 0 spiro atoms. The molecule has 1 rings (SSSR count). The summed E-state index contributed by atoms with van der Waals surface area (Å²) in [5.41, 5.74) is 0. The molecule has 0 radical (unpaired) electrons. The van der Waals surface area contributed by atoms with Crippen LogP contribution in [0.15, 0.2) is 26.7 Å². The highest BCUT2D eigenvalue weighted by molar-refractivity contribution is 7.85. The Morgan fingerprint density at radius 3 is 2.67 bits per heavy atom. The maximum atomic E-state index is 10.4. The van der Waals surface area contributed by atoms with E-state index in [0.717, 1.165) is 12.3 Å². The molecule has 66 valence electrons. The fraction of sp³-hybridized carbons (Fsp3) is 0. The first-order valence-electron chi connectivity index (χ1n) is 2.84. The minimum absolute atomic E-state index is 0.158. The predicted octanol–water partition coefficient (Wildman–Crippen LogP) is -0.181. The molecule has 0 bridgehead atoms. The fourth-order valence-corrected chi connectivity index (χ4v) is 1.06. The molecule has 1 aromatic rings. The molecule has 0 amide bonds. The Morgan fingerprint density at radius 1 is 1.58 bits per heavy atom. The molecule has 0 aromatic carbocycles. The first kappa shape index (κ1) is 8.75. The molecule has 0 atom stereocenters. The summed E-state index contributed by atoms with van der Waals surface area (Å²) in [6.07, 6.45) is 1.12. The quantitative estimate of drug-likeness (QED) is 0.291. The molecule has 7 heteroatoms. The SMILES string of the molecule is N/N=C\c1ccc(S(=O)(=O)O)o1. The van der Waals surface area contributed by atoms with Crippen LogP contribution in [-0.4, -0.2) is 19.2 Å². The average molecular weight is 190 g/mol. The van der Waals surface area contributed by atoms with Crippen molar-refractivity contribution in [1.82, 2.24) is 0 Å². The summed E-state index contributed by atoms with van der Waals surface area (Å²) in [5, 5.41) is 2.58. The van der Waals surface area contributed by atoms with Crippen molar-refractivity contribution in [2.45, 2.75) is 5.09 Å². The van der Waals surface area contributed by atoms with E-state index in [0.29, 0.717) is 0 Å². The van der Waals surface area contributed by atoms with Gasteiger partial charge in [0.1, 0.15) is 5.76 Å². The van der Waals surface area contributed by atoms with Gasteiger partial charge >= 0.3 is 10.1 Å². The van der Waals surface area contributed by atoms with E-state index >= 15 is 0 Å². The van der Waals surface area contributed by atoms with Crippen LogP contribution in [0.5, 0.6) is 0 Å². The van der Waals surface area contributed by atoms with Gasteiger partial charge in [-0.05, 0) is 12.1 Å². The van der Waals surface area contributed by atoms with E-state index in [4.69, 9.17) is 10.4 Å². The van der Waals surface area contributed by atoms with E-state index in [1.165, 1.54) is 6.07 Å². The van der Waals surface area contributed by atoms with Crippen LogP contribution < -0.4 is 5.84 Å². The number of hydrogen-bond donors (Lipinski definition) is 2. The normalized spacial score (nSPS) is 12.4. The van der Waals surface area contributed by atoms with Crippen LogP contribution >= 0.6 is 0 Å². The molecule has 0 unspecified atom stereocenters. The number of furan rings is 1. The van der Waals surface area contributed by atoms with Gasteiger partial charge in [0, 0.05) is 0 Å². The monoisotopic (exact) mass is 190 g/mol. The van der Waals surface area contributed by atoms with Gasteiger partial charge in [0.15, 0.2) is 0 Å². The summed E-state index contributed by atoms with van der Waals surface area (Å²) in [4.78, 5) is 0. The average Bonchev–Trinajstić information content (AvgIpc) is 2.35. The van der Waals surface area contributed by atoms with Gasteiger partial charge in [-0.1, -0.05) is 0 Å². The molecule has 3 N–H and O–H groups in total. The zero-order valence-corrected chi connectivity index (χ0v) is 6.65. The Hall–Kier alpha value is -1.34. The summed E-state index contributed by atoms with van der Waals surface area (Å²) in [7, 11) is -4.27. The second-order valence-electron chi connectivity index (χ2n) is 1.91. The molecule has 12 heavy (non-hydrogen) atoms. The van der Waals surface area contributed by atoms with Crippen LogP contribution in [0.1, 0.15) is 5.76 Å². The highest BCUT2D eigenvalue weighted by Crippen LogP contribution is 2.11. The van der Waals surface area contributed by atoms with Crippen LogP contribution in [-0.2, 0) is 10.1 Å². The third-order valence-electron chi connectivity index (χ3n) is 1.06. The molecule has 0 saturated heterocycles. The van der Waals surface area contributed by atoms with E-state index in [1.54, 1.807) is 0 Å². The lowest BCUT2D eigenvalue weighted by Gasteiger charge is -1.87. The van der Waals surface area contributed by atoms with Crippen LogP contribution in [0.25, 0.3) is 0 Å². The second kappa shape index (κ2) is 2.95. The lowest BCUT2D eigenvalue weighted by molar-refractivity contribution is 0.404. The van der Waals surface area contributed by atoms with Crippen LogP contribution in [0.4, 0.5) is 0 Å². The van der Waals surface area contributed by atoms with Crippen LogP contribution in [0, 0.1) is 0 Å². The fourth-order valence-electron chi connectivity index (χ4n) is 0.616. The Morgan fingerprint density at radius 2 is 2.25 bits per heavy atom. The van der Waals surface area contributed by atoms with E-state index in [9.17, 15) is 8.42 Å². The first-order valence-corrected chi connectivity index (χ1v) is 4.28. The number of rotatable bonds is 2. The lowest BCUT2D eigenvalue weighted by atomic mass is 10.5. The minimum atomic E-state index is -4.27. The van der Waals surface area contributed by atoms with Crippen molar-refractivity contribution in [3.63, 3.8) is 0 Å². The topological polar surface area (TPSA) is 106 Å². The van der Waals surface area contributed by atoms with Crippen molar-refractivity contribution >= 4 is 16.3 Å². The molecule has 0 aliphatic carbocycles. The molecule has 1 aromatic heterocycles. The Kier molecular flexibility index (Phi) is 2.15. The Labute approximate surface area is 68.4 Å². The molecule has 1 heterocycles. The molecule has 0 aliphatic rings. The third-order valence-corrected chi connectivity index (χ3v) is 1.79. The number of nitrogens with two attached hydrogens (primary N) is 1. The summed E-state index contributed by atoms with van der Waals surface area (Å²) in [6, 6.07) is 2.42. The molecule has 6 nitrogen and oxygen atoms in total. The highest BCUT2D eigenvalue weighted by atomic mass is 32.2. The van der Waals surface area contributed by atoms with Crippen molar-refractivity contribution in [3.05, 3.63) is 17.9 Å². The summed E-state index contributed by atoms with van der Waals surface area (Å²) in [5.74, 6) is 4.93. The number of nitrogens with zero attached hydrogens (tertiary/aromatic N) is 1. The van der Waals surface area contributed by atoms with Gasteiger partial charge in [0.25, 0.3) is 0 Å². The lowest BCUT2D eigenvalue weighted by Crippen LogP contribution is -1.94. The maximum absolute atomic E-state index is 10.4. The Bertz CT molecular complexity index is 391. The largest absolute Gasteiger partial charge is 0.441 e. The van der Waals surface area contributed by atoms with Gasteiger partial charge in [-0.2, -0.15) is 13.5 Å². The third kappa shape index (κ3) is 1.83.